The fraction of sp³-hybridized carbons (Fsp3) is 0.350. The first-order valence-electron chi connectivity index (χ1n) is 9.46. The van der Waals surface area contributed by atoms with Crippen molar-refractivity contribution < 1.29 is 18.5 Å². The van der Waals surface area contributed by atoms with Crippen LogP contribution in [0.4, 0.5) is 31.5 Å². The van der Waals surface area contributed by atoms with Crippen LogP contribution in [0.25, 0.3) is 0 Å². The molecule has 2 aromatic carbocycles. The summed E-state index contributed by atoms with van der Waals surface area (Å²) in [7, 11) is 0. The second-order valence-corrected chi connectivity index (χ2v) is 6.87. The van der Waals surface area contributed by atoms with Crippen molar-refractivity contribution in [2.75, 3.05) is 35.2 Å². The van der Waals surface area contributed by atoms with E-state index in [0.717, 1.165) is 25.0 Å². The quantitative estimate of drug-likeness (QED) is 0.389. The molecular formula is C20H22F2N4O3. The van der Waals surface area contributed by atoms with Crippen LogP contribution in [0.2, 0.25) is 0 Å². The number of nitro benzene ring substituents is 1. The van der Waals surface area contributed by atoms with Crippen molar-refractivity contribution >= 4 is 28.7 Å². The lowest BCUT2D eigenvalue weighted by atomic mass is 10.2. The largest absolute Gasteiger partial charge is 0.385 e. The maximum atomic E-state index is 14.3. The average Bonchev–Trinajstić information content (AvgIpc) is 3.19. The number of benzene rings is 2. The monoisotopic (exact) mass is 404 g/mol. The second kappa shape index (κ2) is 9.31. The lowest BCUT2D eigenvalue weighted by Crippen LogP contribution is -2.21. The molecule has 1 amide bonds. The standard InChI is InChI=1S/C20H22F2N4O3/c21-17-12-15(13-18(22)20(17)25-10-1-2-11-25)24-19(27)4-3-9-23-14-5-7-16(8-6-14)26(28)29/h5-8,12-13,23H,1-4,9-11H2,(H,24,27). The Labute approximate surface area is 166 Å². The Bertz CT molecular complexity index is 861. The van der Waals surface area contributed by atoms with Crippen LogP contribution in [0.5, 0.6) is 0 Å². The third-order valence-corrected chi connectivity index (χ3v) is 4.71. The molecule has 2 aromatic rings. The molecule has 0 radical (unpaired) electrons. The maximum absolute atomic E-state index is 14.3. The summed E-state index contributed by atoms with van der Waals surface area (Å²) in [6.07, 6.45) is 2.47. The highest BCUT2D eigenvalue weighted by atomic mass is 19.1. The van der Waals surface area contributed by atoms with Crippen molar-refractivity contribution in [1.82, 2.24) is 0 Å². The van der Waals surface area contributed by atoms with E-state index < -0.39 is 16.6 Å². The molecule has 2 N–H and O–H groups in total. The number of non-ortho nitro benzene ring substituents is 1. The van der Waals surface area contributed by atoms with E-state index in [-0.39, 0.29) is 29.4 Å². The van der Waals surface area contributed by atoms with Gasteiger partial charge in [0.2, 0.25) is 5.91 Å². The van der Waals surface area contributed by atoms with Gasteiger partial charge in [0, 0.05) is 49.6 Å². The predicted molar refractivity (Wildman–Crippen MR) is 107 cm³/mol. The zero-order valence-corrected chi connectivity index (χ0v) is 15.8. The first-order valence-corrected chi connectivity index (χ1v) is 9.46. The first kappa shape index (κ1) is 20.5. The third kappa shape index (κ3) is 5.40. The SMILES string of the molecule is O=C(CCCNc1ccc([N+](=O)[O-])cc1)Nc1cc(F)c(N2CCCC2)c(F)c1. The van der Waals surface area contributed by atoms with E-state index in [2.05, 4.69) is 10.6 Å². The van der Waals surface area contributed by atoms with Crippen LogP contribution in [-0.2, 0) is 4.79 Å². The molecule has 1 heterocycles. The van der Waals surface area contributed by atoms with Crippen LogP contribution in [0.1, 0.15) is 25.7 Å². The van der Waals surface area contributed by atoms with Crippen LogP contribution in [0.3, 0.4) is 0 Å². The Kier molecular flexibility index (Phi) is 6.58. The summed E-state index contributed by atoms with van der Waals surface area (Å²) in [6, 6.07) is 8.25. The van der Waals surface area contributed by atoms with Crippen molar-refractivity contribution in [3.05, 3.63) is 58.1 Å². The average molecular weight is 404 g/mol. The molecule has 3 rings (SSSR count). The molecule has 0 bridgehead atoms. The van der Waals surface area contributed by atoms with Crippen molar-refractivity contribution in [2.45, 2.75) is 25.7 Å². The van der Waals surface area contributed by atoms with Gasteiger partial charge in [-0.1, -0.05) is 0 Å². The molecule has 29 heavy (non-hydrogen) atoms. The van der Waals surface area contributed by atoms with Crippen molar-refractivity contribution in [3.63, 3.8) is 0 Å². The van der Waals surface area contributed by atoms with Crippen molar-refractivity contribution in [3.8, 4) is 0 Å². The highest BCUT2D eigenvalue weighted by Gasteiger charge is 2.21. The third-order valence-electron chi connectivity index (χ3n) is 4.71. The Morgan fingerprint density at radius 2 is 1.69 bits per heavy atom. The molecule has 1 saturated heterocycles. The Balaban J connectivity index is 1.46. The summed E-state index contributed by atoms with van der Waals surface area (Å²) in [5.41, 5.74) is 0.770. The van der Waals surface area contributed by atoms with Gasteiger partial charge in [0.25, 0.3) is 5.69 Å². The minimum Gasteiger partial charge on any atom is -0.385 e. The summed E-state index contributed by atoms with van der Waals surface area (Å²) >= 11 is 0. The summed E-state index contributed by atoms with van der Waals surface area (Å²) in [6.45, 7) is 1.73. The van der Waals surface area contributed by atoms with Crippen LogP contribution < -0.4 is 15.5 Å². The van der Waals surface area contributed by atoms with Gasteiger partial charge in [0.1, 0.15) is 5.69 Å². The molecule has 0 aromatic heterocycles. The molecule has 0 spiro atoms. The van der Waals surface area contributed by atoms with Gasteiger partial charge in [0.15, 0.2) is 11.6 Å². The van der Waals surface area contributed by atoms with Gasteiger partial charge in [-0.05, 0) is 43.5 Å². The summed E-state index contributed by atoms with van der Waals surface area (Å²) in [5, 5.41) is 16.2. The molecule has 0 aliphatic carbocycles. The molecule has 1 aliphatic heterocycles. The van der Waals surface area contributed by atoms with Gasteiger partial charge in [-0.2, -0.15) is 0 Å². The van der Waals surface area contributed by atoms with E-state index in [0.29, 0.717) is 31.7 Å². The fourth-order valence-corrected chi connectivity index (χ4v) is 3.29. The number of nitrogens with zero attached hydrogens (tertiary/aromatic N) is 2. The molecular weight excluding hydrogens is 382 g/mol. The van der Waals surface area contributed by atoms with E-state index in [1.807, 2.05) is 0 Å². The fourth-order valence-electron chi connectivity index (χ4n) is 3.29. The Morgan fingerprint density at radius 3 is 2.28 bits per heavy atom. The van der Waals surface area contributed by atoms with Gasteiger partial charge >= 0.3 is 0 Å². The molecule has 1 aliphatic rings. The molecule has 0 unspecified atom stereocenters. The van der Waals surface area contributed by atoms with Gasteiger partial charge in [-0.15, -0.1) is 0 Å². The summed E-state index contributed by atoms with van der Waals surface area (Å²) < 4.78 is 28.6. The number of hydrogen-bond acceptors (Lipinski definition) is 5. The Hall–Kier alpha value is -3.23. The summed E-state index contributed by atoms with van der Waals surface area (Å²) in [5.74, 6) is -1.70. The zero-order valence-electron chi connectivity index (χ0n) is 15.8. The number of amides is 1. The van der Waals surface area contributed by atoms with Crippen LogP contribution in [-0.4, -0.2) is 30.5 Å². The topological polar surface area (TPSA) is 87.5 Å². The number of carbonyl (C=O) groups excluding carboxylic acids is 1. The van der Waals surface area contributed by atoms with Crippen LogP contribution in [0, 0.1) is 21.7 Å². The van der Waals surface area contributed by atoms with Crippen molar-refractivity contribution in [2.24, 2.45) is 0 Å². The maximum Gasteiger partial charge on any atom is 0.269 e. The lowest BCUT2D eigenvalue weighted by molar-refractivity contribution is -0.384. The molecule has 0 saturated carbocycles. The lowest BCUT2D eigenvalue weighted by Gasteiger charge is -2.19. The van der Waals surface area contributed by atoms with Gasteiger partial charge in [0.05, 0.1) is 4.92 Å². The minimum absolute atomic E-state index is 0.00476. The number of nitrogens with one attached hydrogen (secondary N) is 2. The van der Waals surface area contributed by atoms with E-state index >= 15 is 0 Å². The minimum atomic E-state index is -0.679. The van der Waals surface area contributed by atoms with Crippen molar-refractivity contribution in [1.29, 1.82) is 0 Å². The molecule has 9 heteroatoms. The smallest absolute Gasteiger partial charge is 0.269 e. The van der Waals surface area contributed by atoms with E-state index in [9.17, 15) is 23.7 Å². The second-order valence-electron chi connectivity index (χ2n) is 6.87. The zero-order chi connectivity index (χ0) is 20.8. The van der Waals surface area contributed by atoms with Crippen LogP contribution in [0.15, 0.2) is 36.4 Å². The molecule has 7 nitrogen and oxygen atoms in total. The highest BCUT2D eigenvalue weighted by Crippen LogP contribution is 2.29. The first-order chi connectivity index (χ1) is 13.9. The number of hydrogen-bond donors (Lipinski definition) is 2. The number of nitro groups is 1. The highest BCUT2D eigenvalue weighted by molar-refractivity contribution is 5.91. The van der Waals surface area contributed by atoms with Crippen LogP contribution >= 0.6 is 0 Å². The van der Waals surface area contributed by atoms with E-state index in [1.54, 1.807) is 17.0 Å². The molecule has 154 valence electrons. The normalized spacial score (nSPS) is 13.4. The van der Waals surface area contributed by atoms with Gasteiger partial charge in [-0.25, -0.2) is 8.78 Å². The molecule has 1 fully saturated rings. The van der Waals surface area contributed by atoms with E-state index in [4.69, 9.17) is 0 Å². The van der Waals surface area contributed by atoms with E-state index in [1.165, 1.54) is 12.1 Å². The summed E-state index contributed by atoms with van der Waals surface area (Å²) in [4.78, 5) is 23.9. The number of halogens is 2. The number of rotatable bonds is 8. The van der Waals surface area contributed by atoms with Gasteiger partial charge in [-0.3, -0.25) is 14.9 Å². The number of anilines is 3. The Morgan fingerprint density at radius 1 is 1.07 bits per heavy atom. The van der Waals surface area contributed by atoms with Gasteiger partial charge < -0.3 is 15.5 Å². The predicted octanol–water partition coefficient (Wildman–Crippen LogP) is 4.30. The molecule has 0 atom stereocenters. The number of carbonyl (C=O) groups is 1.